The third kappa shape index (κ3) is 2.04. The van der Waals surface area contributed by atoms with E-state index >= 15 is 0 Å². The van der Waals surface area contributed by atoms with Gasteiger partial charge in [-0.15, -0.1) is 0 Å². The van der Waals surface area contributed by atoms with Crippen molar-refractivity contribution in [2.75, 3.05) is 0 Å². The lowest BCUT2D eigenvalue weighted by Gasteiger charge is -2.10. The second-order valence-electron chi connectivity index (χ2n) is 3.05. The molecule has 0 aliphatic rings. The number of hydrogen-bond donors (Lipinski definition) is 1. The predicted octanol–water partition coefficient (Wildman–Crippen LogP) is 2.72. The Morgan fingerprint density at radius 1 is 1.31 bits per heavy atom. The first-order chi connectivity index (χ1) is 6.06. The highest BCUT2D eigenvalue weighted by molar-refractivity contribution is 5.27. The number of aliphatic hydroxyl groups is 1. The van der Waals surface area contributed by atoms with Gasteiger partial charge in [0.05, 0.1) is 6.10 Å². The summed E-state index contributed by atoms with van der Waals surface area (Å²) in [5.74, 6) is -1.26. The summed E-state index contributed by atoms with van der Waals surface area (Å²) in [4.78, 5) is 0. The van der Waals surface area contributed by atoms with E-state index < -0.39 is 17.7 Å². The van der Waals surface area contributed by atoms with Gasteiger partial charge in [-0.3, -0.25) is 0 Å². The molecule has 0 heterocycles. The number of hydrogen-bond acceptors (Lipinski definition) is 1. The molecule has 0 saturated heterocycles. The summed E-state index contributed by atoms with van der Waals surface area (Å²) >= 11 is 0. The molecule has 13 heavy (non-hydrogen) atoms. The summed E-state index contributed by atoms with van der Waals surface area (Å²) in [5, 5.41) is 9.36. The number of aryl methyl sites for hydroxylation is 1. The highest BCUT2D eigenvalue weighted by Crippen LogP contribution is 2.22. The second-order valence-corrected chi connectivity index (χ2v) is 3.05. The molecule has 1 rings (SSSR count). The van der Waals surface area contributed by atoms with Crippen LogP contribution in [0.15, 0.2) is 12.1 Å². The van der Waals surface area contributed by atoms with Crippen molar-refractivity contribution in [3.05, 3.63) is 34.9 Å². The molecule has 1 N–H and O–H groups in total. The van der Waals surface area contributed by atoms with E-state index in [9.17, 15) is 13.9 Å². The zero-order valence-corrected chi connectivity index (χ0v) is 7.64. The van der Waals surface area contributed by atoms with Gasteiger partial charge in [-0.25, -0.2) is 8.78 Å². The van der Waals surface area contributed by atoms with Gasteiger partial charge in [0.15, 0.2) is 0 Å². The molecule has 0 aliphatic carbocycles. The van der Waals surface area contributed by atoms with Crippen LogP contribution in [0.4, 0.5) is 8.78 Å². The number of halogens is 2. The molecule has 1 atom stereocenters. The Bertz CT molecular complexity index is 310. The Morgan fingerprint density at radius 3 is 2.46 bits per heavy atom. The largest absolute Gasteiger partial charge is 0.388 e. The average molecular weight is 186 g/mol. The van der Waals surface area contributed by atoms with Crippen molar-refractivity contribution in [1.82, 2.24) is 0 Å². The number of aliphatic hydroxyl groups excluding tert-OH is 1. The highest BCUT2D eigenvalue weighted by Gasteiger charge is 2.13. The summed E-state index contributed by atoms with van der Waals surface area (Å²) in [7, 11) is 0. The van der Waals surface area contributed by atoms with Crippen LogP contribution in [-0.2, 0) is 0 Å². The molecule has 0 fully saturated rings. The van der Waals surface area contributed by atoms with Crippen molar-refractivity contribution in [3.8, 4) is 0 Å². The number of rotatable bonds is 2. The van der Waals surface area contributed by atoms with E-state index in [1.54, 1.807) is 13.8 Å². The van der Waals surface area contributed by atoms with Gasteiger partial charge in [0.2, 0.25) is 0 Å². The molecule has 0 saturated carbocycles. The molecule has 3 heteroatoms. The topological polar surface area (TPSA) is 20.2 Å². The predicted molar refractivity (Wildman–Crippen MR) is 46.3 cm³/mol. The molecular weight excluding hydrogens is 174 g/mol. The summed E-state index contributed by atoms with van der Waals surface area (Å²) in [6.45, 7) is 3.28. The fourth-order valence-corrected chi connectivity index (χ4v) is 1.15. The Balaban J connectivity index is 3.15. The number of benzene rings is 1. The van der Waals surface area contributed by atoms with Crippen molar-refractivity contribution in [2.24, 2.45) is 0 Å². The minimum absolute atomic E-state index is 0.168. The zero-order chi connectivity index (χ0) is 10.0. The van der Waals surface area contributed by atoms with Crippen LogP contribution in [0.2, 0.25) is 0 Å². The summed E-state index contributed by atoms with van der Waals surface area (Å²) in [6.07, 6.45) is -0.429. The second kappa shape index (κ2) is 3.83. The van der Waals surface area contributed by atoms with Gasteiger partial charge in [-0.2, -0.15) is 0 Å². The van der Waals surface area contributed by atoms with Crippen LogP contribution in [0.5, 0.6) is 0 Å². The lowest BCUT2D eigenvalue weighted by Crippen LogP contribution is -2.01. The van der Waals surface area contributed by atoms with Gasteiger partial charge in [0.25, 0.3) is 0 Å². The third-order valence-electron chi connectivity index (χ3n) is 2.02. The van der Waals surface area contributed by atoms with E-state index in [4.69, 9.17) is 0 Å². The van der Waals surface area contributed by atoms with E-state index in [0.717, 1.165) is 6.07 Å². The lowest BCUT2D eigenvalue weighted by molar-refractivity contribution is 0.168. The molecular formula is C10H12F2O. The SMILES string of the molecule is CCC(O)c1cc(C)c(F)cc1F. The molecule has 0 radical (unpaired) electrons. The van der Waals surface area contributed by atoms with Gasteiger partial charge in [0.1, 0.15) is 11.6 Å². The quantitative estimate of drug-likeness (QED) is 0.752. The monoisotopic (exact) mass is 186 g/mol. The smallest absolute Gasteiger partial charge is 0.131 e. The van der Waals surface area contributed by atoms with Gasteiger partial charge < -0.3 is 5.11 Å². The fourth-order valence-electron chi connectivity index (χ4n) is 1.15. The summed E-state index contributed by atoms with van der Waals surface area (Å²) in [6, 6.07) is 2.16. The molecule has 72 valence electrons. The van der Waals surface area contributed by atoms with Crippen molar-refractivity contribution in [1.29, 1.82) is 0 Å². The third-order valence-corrected chi connectivity index (χ3v) is 2.02. The zero-order valence-electron chi connectivity index (χ0n) is 7.64. The Labute approximate surface area is 76.0 Å². The first kappa shape index (κ1) is 10.1. The van der Waals surface area contributed by atoms with Crippen LogP contribution in [0.1, 0.15) is 30.6 Å². The van der Waals surface area contributed by atoms with Crippen LogP contribution in [0, 0.1) is 18.6 Å². The van der Waals surface area contributed by atoms with E-state index in [2.05, 4.69) is 0 Å². The van der Waals surface area contributed by atoms with Crippen molar-refractivity contribution in [2.45, 2.75) is 26.4 Å². The van der Waals surface area contributed by atoms with Crippen molar-refractivity contribution in [3.63, 3.8) is 0 Å². The van der Waals surface area contributed by atoms with Crippen LogP contribution in [0.25, 0.3) is 0 Å². The van der Waals surface area contributed by atoms with Crippen molar-refractivity contribution < 1.29 is 13.9 Å². The molecule has 0 aromatic heterocycles. The first-order valence-corrected chi connectivity index (χ1v) is 4.19. The molecule has 1 nitrogen and oxygen atoms in total. The maximum atomic E-state index is 13.1. The van der Waals surface area contributed by atoms with Gasteiger partial charge in [-0.1, -0.05) is 6.92 Å². The van der Waals surface area contributed by atoms with E-state index in [1.807, 2.05) is 0 Å². The van der Waals surface area contributed by atoms with Crippen LogP contribution < -0.4 is 0 Å². The standard InChI is InChI=1S/C10H12F2O/c1-3-10(13)7-4-6(2)8(11)5-9(7)12/h4-5,10,13H,3H2,1-2H3. The molecule has 1 aromatic rings. The molecule has 0 bridgehead atoms. The molecule has 1 aromatic carbocycles. The van der Waals surface area contributed by atoms with E-state index in [0.29, 0.717) is 12.0 Å². The Morgan fingerprint density at radius 2 is 1.92 bits per heavy atom. The van der Waals surface area contributed by atoms with Gasteiger partial charge in [-0.05, 0) is 25.0 Å². The lowest BCUT2D eigenvalue weighted by atomic mass is 10.0. The average Bonchev–Trinajstić information content (AvgIpc) is 2.10. The van der Waals surface area contributed by atoms with Gasteiger partial charge in [0, 0.05) is 11.6 Å². The maximum Gasteiger partial charge on any atom is 0.131 e. The van der Waals surface area contributed by atoms with E-state index in [-0.39, 0.29) is 5.56 Å². The summed E-state index contributed by atoms with van der Waals surface area (Å²) < 4.78 is 25.9. The normalized spacial score (nSPS) is 13.0. The Hall–Kier alpha value is -0.960. The molecule has 0 spiro atoms. The van der Waals surface area contributed by atoms with Crippen LogP contribution >= 0.6 is 0 Å². The fraction of sp³-hybridized carbons (Fsp3) is 0.400. The first-order valence-electron chi connectivity index (χ1n) is 4.19. The molecule has 1 unspecified atom stereocenters. The van der Waals surface area contributed by atoms with Crippen LogP contribution in [-0.4, -0.2) is 5.11 Å². The minimum atomic E-state index is -0.848. The van der Waals surface area contributed by atoms with Crippen LogP contribution in [0.3, 0.4) is 0 Å². The Kier molecular flexibility index (Phi) is 2.98. The van der Waals surface area contributed by atoms with Crippen molar-refractivity contribution >= 4 is 0 Å². The highest BCUT2D eigenvalue weighted by atomic mass is 19.1. The maximum absolute atomic E-state index is 13.1. The molecule has 0 aliphatic heterocycles. The summed E-state index contributed by atoms with van der Waals surface area (Å²) in [5.41, 5.74) is 0.519. The minimum Gasteiger partial charge on any atom is -0.388 e. The van der Waals surface area contributed by atoms with Gasteiger partial charge >= 0.3 is 0 Å². The van der Waals surface area contributed by atoms with E-state index in [1.165, 1.54) is 6.07 Å². The molecule has 0 amide bonds.